The molecule has 10 aromatic carbocycles. The molecule has 10 aromatic rings. The number of hydrogen-bond acceptors (Lipinski definition) is 0. The highest BCUT2D eigenvalue weighted by Crippen LogP contribution is 2.51. The Kier molecular flexibility index (Phi) is 6.97. The number of benzene rings is 10. The molecule has 0 saturated carbocycles. The Labute approximate surface area is 314 Å². The molecule has 0 saturated heterocycles. The molecular weight excluding hydrogens is 649 g/mol. The summed E-state index contributed by atoms with van der Waals surface area (Å²) in [5.41, 5.74) is 15.2. The van der Waals surface area contributed by atoms with E-state index in [0.29, 0.717) is 0 Å². The Morgan fingerprint density at radius 3 is 1.37 bits per heavy atom. The van der Waals surface area contributed by atoms with Crippen LogP contribution in [-0.4, -0.2) is 0 Å². The highest BCUT2D eigenvalue weighted by Gasteiger charge is 2.24. The average molecular weight is 683 g/mol. The molecule has 0 fully saturated rings. The second kappa shape index (κ2) is 12.3. The number of fused-ring (bicyclic) bond motifs is 6. The van der Waals surface area contributed by atoms with Crippen LogP contribution in [0.1, 0.15) is 11.1 Å². The van der Waals surface area contributed by atoms with Crippen molar-refractivity contribution in [1.29, 1.82) is 0 Å². The highest BCUT2D eigenvalue weighted by molar-refractivity contribution is 6.26. The van der Waals surface area contributed by atoms with E-state index in [1.807, 2.05) is 0 Å². The Bertz CT molecular complexity index is 3040. The minimum absolute atomic E-state index is 1.18. The van der Waals surface area contributed by atoms with Crippen molar-refractivity contribution in [3.8, 4) is 55.6 Å². The van der Waals surface area contributed by atoms with Crippen molar-refractivity contribution in [3.63, 3.8) is 0 Å². The zero-order valence-electron chi connectivity index (χ0n) is 29.6. The van der Waals surface area contributed by atoms with Gasteiger partial charge in [0.1, 0.15) is 0 Å². The minimum atomic E-state index is 1.18. The largest absolute Gasteiger partial charge is 0.0616 e. The maximum Gasteiger partial charge on any atom is -0.00201 e. The lowest BCUT2D eigenvalue weighted by Crippen LogP contribution is -1.92. The lowest BCUT2D eigenvalue weighted by Gasteiger charge is -2.19. The third-order valence-electron chi connectivity index (χ3n) is 11.4. The van der Waals surface area contributed by atoms with E-state index in [1.54, 1.807) is 0 Å². The van der Waals surface area contributed by atoms with E-state index in [9.17, 15) is 0 Å². The number of rotatable bonds is 5. The van der Waals surface area contributed by atoms with Gasteiger partial charge in [-0.2, -0.15) is 0 Å². The standard InChI is InChI=1S/C54H34/c1-2-11-40-34-41(31-30-37(40)10-1)38-26-22-35(23-27-38)20-21-36-24-28-39(29-25-36)52-45-14-5-7-16-47(45)54(48-17-8-6-15-46(48)52)51-33-32-50-43-13-4-3-12-42(43)44-18-9-19-49(51)53(44)50/h1-34H. The molecule has 11 rings (SSSR count). The van der Waals surface area contributed by atoms with E-state index >= 15 is 0 Å². The van der Waals surface area contributed by atoms with Gasteiger partial charge in [-0.05, 0) is 116 Å². The highest BCUT2D eigenvalue weighted by atomic mass is 14.3. The van der Waals surface area contributed by atoms with Gasteiger partial charge < -0.3 is 0 Å². The SMILES string of the molecule is C(=Cc1ccc(-c2c3ccccc3c(-c3ccc4c5c(cccc35)-c3ccccc3-4)c3ccccc23)cc1)c1ccc(-c2ccc3ccccc3c2)cc1. The van der Waals surface area contributed by atoms with Crippen molar-refractivity contribution in [3.05, 3.63) is 205 Å². The smallest absolute Gasteiger partial charge is 0.00201 e. The summed E-state index contributed by atoms with van der Waals surface area (Å²) in [7, 11) is 0. The van der Waals surface area contributed by atoms with Gasteiger partial charge in [-0.15, -0.1) is 0 Å². The molecule has 250 valence electrons. The number of hydrogen-bond donors (Lipinski definition) is 0. The molecule has 0 aliphatic heterocycles. The van der Waals surface area contributed by atoms with Gasteiger partial charge in [0.15, 0.2) is 0 Å². The summed E-state index contributed by atoms with van der Waals surface area (Å²) in [6, 6.07) is 71.4. The van der Waals surface area contributed by atoms with E-state index in [4.69, 9.17) is 0 Å². The first kappa shape index (κ1) is 30.6. The second-order valence-corrected chi connectivity index (χ2v) is 14.4. The first-order valence-corrected chi connectivity index (χ1v) is 18.8. The fourth-order valence-corrected chi connectivity index (χ4v) is 8.86. The molecule has 0 aromatic heterocycles. The molecule has 0 spiro atoms. The van der Waals surface area contributed by atoms with Crippen LogP contribution < -0.4 is 0 Å². The molecule has 0 N–H and O–H groups in total. The van der Waals surface area contributed by atoms with Crippen LogP contribution in [0, 0.1) is 0 Å². The van der Waals surface area contributed by atoms with Crippen LogP contribution in [0.3, 0.4) is 0 Å². The Hall–Kier alpha value is -7.02. The molecule has 1 aliphatic rings. The van der Waals surface area contributed by atoms with Crippen molar-refractivity contribution < 1.29 is 0 Å². The van der Waals surface area contributed by atoms with Gasteiger partial charge >= 0.3 is 0 Å². The van der Waals surface area contributed by atoms with Gasteiger partial charge in [0, 0.05) is 0 Å². The molecular formula is C54H34. The molecule has 0 radical (unpaired) electrons. The van der Waals surface area contributed by atoms with E-state index in [0.717, 1.165) is 0 Å². The second-order valence-electron chi connectivity index (χ2n) is 14.4. The maximum absolute atomic E-state index is 2.36. The van der Waals surface area contributed by atoms with Crippen LogP contribution in [0.2, 0.25) is 0 Å². The maximum atomic E-state index is 2.36. The van der Waals surface area contributed by atoms with E-state index in [-0.39, 0.29) is 0 Å². The minimum Gasteiger partial charge on any atom is -0.0616 e. The summed E-state index contributed by atoms with van der Waals surface area (Å²) in [6.07, 6.45) is 4.41. The van der Waals surface area contributed by atoms with E-state index < -0.39 is 0 Å². The van der Waals surface area contributed by atoms with E-state index in [1.165, 1.54) is 110 Å². The van der Waals surface area contributed by atoms with Gasteiger partial charge in [0.25, 0.3) is 0 Å². The normalized spacial score (nSPS) is 12.0. The predicted octanol–water partition coefficient (Wildman–Crippen LogP) is 15.1. The first-order chi connectivity index (χ1) is 26.8. The summed E-state index contributed by atoms with van der Waals surface area (Å²) in [5.74, 6) is 0. The predicted molar refractivity (Wildman–Crippen MR) is 233 cm³/mol. The third kappa shape index (κ3) is 4.85. The topological polar surface area (TPSA) is 0 Å². The molecule has 0 bridgehead atoms. The van der Waals surface area contributed by atoms with Crippen LogP contribution in [0.15, 0.2) is 194 Å². The Morgan fingerprint density at radius 1 is 0.259 bits per heavy atom. The van der Waals surface area contributed by atoms with Crippen LogP contribution in [-0.2, 0) is 0 Å². The molecule has 0 atom stereocenters. The van der Waals surface area contributed by atoms with Gasteiger partial charge in [-0.1, -0.05) is 200 Å². The van der Waals surface area contributed by atoms with Gasteiger partial charge in [0.05, 0.1) is 0 Å². The lowest BCUT2D eigenvalue weighted by atomic mass is 9.84. The van der Waals surface area contributed by atoms with Crippen molar-refractivity contribution >= 4 is 55.2 Å². The van der Waals surface area contributed by atoms with Crippen molar-refractivity contribution in [1.82, 2.24) is 0 Å². The summed E-state index contributed by atoms with van der Waals surface area (Å²) in [6.45, 7) is 0. The van der Waals surface area contributed by atoms with Crippen molar-refractivity contribution in [2.45, 2.75) is 0 Å². The van der Waals surface area contributed by atoms with Gasteiger partial charge in [-0.3, -0.25) is 0 Å². The fraction of sp³-hybridized carbons (Fsp3) is 0. The summed E-state index contributed by atoms with van der Waals surface area (Å²) in [5, 5.41) is 10.3. The zero-order valence-corrected chi connectivity index (χ0v) is 29.6. The monoisotopic (exact) mass is 682 g/mol. The van der Waals surface area contributed by atoms with Gasteiger partial charge in [-0.25, -0.2) is 0 Å². The average Bonchev–Trinajstić information content (AvgIpc) is 3.57. The van der Waals surface area contributed by atoms with Crippen molar-refractivity contribution in [2.75, 3.05) is 0 Å². The van der Waals surface area contributed by atoms with Crippen LogP contribution in [0.4, 0.5) is 0 Å². The fourth-order valence-electron chi connectivity index (χ4n) is 8.86. The van der Waals surface area contributed by atoms with Crippen LogP contribution in [0.25, 0.3) is 111 Å². The molecule has 54 heavy (non-hydrogen) atoms. The molecule has 0 unspecified atom stereocenters. The lowest BCUT2D eigenvalue weighted by molar-refractivity contribution is 1.61. The van der Waals surface area contributed by atoms with Crippen molar-refractivity contribution in [2.24, 2.45) is 0 Å². The summed E-state index contributed by atoms with van der Waals surface area (Å²) in [4.78, 5) is 0. The van der Waals surface area contributed by atoms with Gasteiger partial charge in [0.2, 0.25) is 0 Å². The third-order valence-corrected chi connectivity index (χ3v) is 11.4. The van der Waals surface area contributed by atoms with Crippen LogP contribution >= 0.6 is 0 Å². The van der Waals surface area contributed by atoms with Crippen LogP contribution in [0.5, 0.6) is 0 Å². The molecule has 0 nitrogen and oxygen atoms in total. The molecule has 0 heterocycles. The summed E-state index contributed by atoms with van der Waals surface area (Å²) >= 11 is 0. The molecule has 0 amide bonds. The zero-order chi connectivity index (χ0) is 35.6. The van der Waals surface area contributed by atoms with E-state index in [2.05, 4.69) is 206 Å². The summed E-state index contributed by atoms with van der Waals surface area (Å²) < 4.78 is 0. The molecule has 1 aliphatic carbocycles. The molecule has 0 heteroatoms. The first-order valence-electron chi connectivity index (χ1n) is 18.8. The Morgan fingerprint density at radius 2 is 0.722 bits per heavy atom. The Balaban J connectivity index is 0.969. The quantitative estimate of drug-likeness (QED) is 0.125.